The standard InChI is InChI=1S/C10H11N5O2/c1-7(16)15(17)9-5-3-8(4-6-9)10-11-13-14(2)12-10/h3-6,17H,1-2H3. The average molecular weight is 233 g/mol. The lowest BCUT2D eigenvalue weighted by Crippen LogP contribution is -2.23. The molecule has 1 amide bonds. The monoisotopic (exact) mass is 233 g/mol. The van der Waals surface area contributed by atoms with Gasteiger partial charge in [-0.2, -0.15) is 9.86 Å². The van der Waals surface area contributed by atoms with Gasteiger partial charge in [-0.05, 0) is 29.5 Å². The third-order valence-electron chi connectivity index (χ3n) is 2.18. The van der Waals surface area contributed by atoms with Crippen molar-refractivity contribution < 1.29 is 10.0 Å². The van der Waals surface area contributed by atoms with Gasteiger partial charge in [0.05, 0.1) is 12.7 Å². The molecule has 0 unspecified atom stereocenters. The SMILES string of the molecule is CC(=O)N(O)c1ccc(-c2nnn(C)n2)cc1. The first-order valence-electron chi connectivity index (χ1n) is 4.92. The number of carbonyl (C=O) groups excluding carboxylic acids is 1. The molecule has 1 aromatic carbocycles. The number of hydrogen-bond donors (Lipinski definition) is 1. The van der Waals surface area contributed by atoms with E-state index in [-0.39, 0.29) is 0 Å². The Balaban J connectivity index is 2.27. The van der Waals surface area contributed by atoms with E-state index < -0.39 is 5.91 Å². The van der Waals surface area contributed by atoms with Gasteiger partial charge in [0.2, 0.25) is 11.7 Å². The minimum absolute atomic E-state index is 0.394. The lowest BCUT2D eigenvalue weighted by molar-refractivity contribution is -0.121. The fourth-order valence-electron chi connectivity index (χ4n) is 1.33. The topological polar surface area (TPSA) is 84.1 Å². The molecule has 0 atom stereocenters. The van der Waals surface area contributed by atoms with Crippen LogP contribution in [0.1, 0.15) is 6.92 Å². The fraction of sp³-hybridized carbons (Fsp3) is 0.200. The van der Waals surface area contributed by atoms with Gasteiger partial charge in [0.1, 0.15) is 0 Å². The molecule has 0 spiro atoms. The minimum Gasteiger partial charge on any atom is -0.281 e. The van der Waals surface area contributed by atoms with Gasteiger partial charge < -0.3 is 0 Å². The molecule has 2 aromatic rings. The Morgan fingerprint density at radius 1 is 1.35 bits per heavy atom. The molecule has 0 saturated carbocycles. The number of benzene rings is 1. The number of carbonyl (C=O) groups is 1. The Morgan fingerprint density at radius 2 is 2.00 bits per heavy atom. The van der Waals surface area contributed by atoms with Crippen molar-refractivity contribution in [1.82, 2.24) is 20.2 Å². The Labute approximate surface area is 97.2 Å². The maximum absolute atomic E-state index is 10.9. The number of tetrazole rings is 1. The van der Waals surface area contributed by atoms with E-state index in [2.05, 4.69) is 15.4 Å². The number of hydrogen-bond acceptors (Lipinski definition) is 5. The van der Waals surface area contributed by atoms with Gasteiger partial charge in [-0.1, -0.05) is 0 Å². The second-order valence-electron chi connectivity index (χ2n) is 3.48. The van der Waals surface area contributed by atoms with Crippen LogP contribution in [-0.2, 0) is 11.8 Å². The summed E-state index contributed by atoms with van der Waals surface area (Å²) in [5.41, 5.74) is 1.16. The summed E-state index contributed by atoms with van der Waals surface area (Å²) in [6.45, 7) is 1.28. The number of amides is 1. The number of aromatic nitrogens is 4. The minimum atomic E-state index is -0.449. The lowest BCUT2D eigenvalue weighted by atomic mass is 10.2. The number of anilines is 1. The van der Waals surface area contributed by atoms with Crippen molar-refractivity contribution in [1.29, 1.82) is 0 Å². The van der Waals surface area contributed by atoms with Crippen molar-refractivity contribution in [3.8, 4) is 11.4 Å². The largest absolute Gasteiger partial charge is 0.281 e. The van der Waals surface area contributed by atoms with E-state index in [0.29, 0.717) is 16.6 Å². The molecule has 0 aliphatic heterocycles. The highest BCUT2D eigenvalue weighted by molar-refractivity contribution is 5.89. The van der Waals surface area contributed by atoms with Crippen LogP contribution < -0.4 is 5.06 Å². The van der Waals surface area contributed by atoms with Crippen LogP contribution in [0.3, 0.4) is 0 Å². The summed E-state index contributed by atoms with van der Waals surface area (Å²) in [7, 11) is 1.68. The summed E-state index contributed by atoms with van der Waals surface area (Å²) in [6.07, 6.45) is 0. The third kappa shape index (κ3) is 2.28. The summed E-state index contributed by atoms with van der Waals surface area (Å²) < 4.78 is 0. The van der Waals surface area contributed by atoms with Crippen LogP contribution in [0.5, 0.6) is 0 Å². The molecular formula is C10H11N5O2. The molecular weight excluding hydrogens is 222 g/mol. The Hall–Kier alpha value is -2.28. The van der Waals surface area contributed by atoms with Crippen LogP contribution in [0.2, 0.25) is 0 Å². The molecule has 1 heterocycles. The zero-order valence-corrected chi connectivity index (χ0v) is 9.40. The van der Waals surface area contributed by atoms with E-state index >= 15 is 0 Å². The highest BCUT2D eigenvalue weighted by Crippen LogP contribution is 2.19. The van der Waals surface area contributed by atoms with Gasteiger partial charge in [0.15, 0.2) is 0 Å². The van der Waals surface area contributed by atoms with Crippen molar-refractivity contribution in [3.63, 3.8) is 0 Å². The molecule has 1 N–H and O–H groups in total. The molecule has 17 heavy (non-hydrogen) atoms. The molecule has 7 heteroatoms. The molecule has 0 aliphatic carbocycles. The van der Waals surface area contributed by atoms with Crippen LogP contribution in [-0.4, -0.2) is 31.3 Å². The summed E-state index contributed by atoms with van der Waals surface area (Å²) in [5, 5.41) is 21.6. The van der Waals surface area contributed by atoms with E-state index in [1.54, 1.807) is 31.3 Å². The maximum Gasteiger partial charge on any atom is 0.247 e. The van der Waals surface area contributed by atoms with E-state index in [1.165, 1.54) is 11.7 Å². The maximum atomic E-state index is 10.9. The Kier molecular flexibility index (Phi) is 2.84. The van der Waals surface area contributed by atoms with Crippen molar-refractivity contribution in [3.05, 3.63) is 24.3 Å². The van der Waals surface area contributed by atoms with Crippen LogP contribution in [0.4, 0.5) is 5.69 Å². The summed E-state index contributed by atoms with van der Waals surface area (Å²) >= 11 is 0. The molecule has 0 saturated heterocycles. The highest BCUT2D eigenvalue weighted by atomic mass is 16.5. The molecule has 1 aromatic heterocycles. The molecule has 0 radical (unpaired) electrons. The number of rotatable bonds is 2. The number of nitrogens with zero attached hydrogens (tertiary/aromatic N) is 5. The van der Waals surface area contributed by atoms with E-state index in [9.17, 15) is 10.0 Å². The summed E-state index contributed by atoms with van der Waals surface area (Å²) in [6, 6.07) is 6.62. The van der Waals surface area contributed by atoms with Gasteiger partial charge in [-0.3, -0.25) is 10.0 Å². The van der Waals surface area contributed by atoms with E-state index in [1.807, 2.05) is 0 Å². The van der Waals surface area contributed by atoms with Crippen molar-refractivity contribution >= 4 is 11.6 Å². The van der Waals surface area contributed by atoms with Crippen LogP contribution in [0, 0.1) is 0 Å². The molecule has 7 nitrogen and oxygen atoms in total. The lowest BCUT2D eigenvalue weighted by Gasteiger charge is -2.12. The van der Waals surface area contributed by atoms with E-state index in [0.717, 1.165) is 5.56 Å². The van der Waals surface area contributed by atoms with Crippen molar-refractivity contribution in [2.24, 2.45) is 7.05 Å². The Bertz CT molecular complexity index is 534. The van der Waals surface area contributed by atoms with Crippen LogP contribution in [0.15, 0.2) is 24.3 Å². The van der Waals surface area contributed by atoms with E-state index in [4.69, 9.17) is 0 Å². The summed E-state index contributed by atoms with van der Waals surface area (Å²) in [4.78, 5) is 12.3. The second-order valence-corrected chi connectivity index (χ2v) is 3.48. The van der Waals surface area contributed by atoms with Gasteiger partial charge in [0, 0.05) is 12.5 Å². The Morgan fingerprint density at radius 3 is 2.47 bits per heavy atom. The van der Waals surface area contributed by atoms with Gasteiger partial charge in [-0.15, -0.1) is 10.2 Å². The molecule has 0 fully saturated rings. The molecule has 0 aliphatic rings. The van der Waals surface area contributed by atoms with Gasteiger partial charge >= 0.3 is 0 Å². The molecule has 0 bridgehead atoms. The number of aryl methyl sites for hydroxylation is 1. The average Bonchev–Trinajstić information content (AvgIpc) is 2.75. The highest BCUT2D eigenvalue weighted by Gasteiger charge is 2.09. The van der Waals surface area contributed by atoms with Crippen molar-refractivity contribution in [2.75, 3.05) is 5.06 Å². The summed E-state index contributed by atoms with van der Waals surface area (Å²) in [5.74, 6) is 0.0433. The fourth-order valence-corrected chi connectivity index (χ4v) is 1.33. The van der Waals surface area contributed by atoms with Crippen molar-refractivity contribution in [2.45, 2.75) is 6.92 Å². The first-order chi connectivity index (χ1) is 8.08. The molecule has 88 valence electrons. The normalized spacial score (nSPS) is 10.3. The first kappa shape index (κ1) is 11.2. The zero-order chi connectivity index (χ0) is 12.4. The molecule has 2 rings (SSSR count). The third-order valence-corrected chi connectivity index (χ3v) is 2.18. The number of hydroxylamine groups is 1. The first-order valence-corrected chi connectivity index (χ1v) is 4.92. The van der Waals surface area contributed by atoms with Crippen LogP contribution in [0.25, 0.3) is 11.4 Å². The predicted molar refractivity (Wildman–Crippen MR) is 59.2 cm³/mol. The van der Waals surface area contributed by atoms with Crippen LogP contribution >= 0.6 is 0 Å². The second kappa shape index (κ2) is 4.30. The zero-order valence-electron chi connectivity index (χ0n) is 9.40. The smallest absolute Gasteiger partial charge is 0.247 e. The quantitative estimate of drug-likeness (QED) is 0.607. The van der Waals surface area contributed by atoms with Gasteiger partial charge in [-0.25, -0.2) is 0 Å². The predicted octanol–water partition coefficient (Wildman–Crippen LogP) is 0.619. The van der Waals surface area contributed by atoms with Gasteiger partial charge in [0.25, 0.3) is 0 Å².